The molecule has 1 fully saturated rings. The highest BCUT2D eigenvalue weighted by molar-refractivity contribution is 6.35. The number of halogens is 3. The van der Waals surface area contributed by atoms with Gasteiger partial charge in [-0.1, -0.05) is 23.7 Å². The van der Waals surface area contributed by atoms with Crippen molar-refractivity contribution in [1.82, 2.24) is 15.2 Å². The van der Waals surface area contributed by atoms with Crippen LogP contribution >= 0.6 is 11.6 Å². The van der Waals surface area contributed by atoms with Gasteiger partial charge in [0.05, 0.1) is 12.1 Å². The normalized spacial score (nSPS) is 19.4. The summed E-state index contributed by atoms with van der Waals surface area (Å²) < 4.78 is 26.9. The minimum Gasteiger partial charge on any atom is -0.319 e. The maximum atomic E-state index is 13.6. The van der Waals surface area contributed by atoms with E-state index in [2.05, 4.69) is 10.3 Å². The zero-order chi connectivity index (χ0) is 20.1. The third kappa shape index (κ3) is 2.79. The Hall–Kier alpha value is -3.06. The number of carbonyl (C=O) groups excluding carboxylic acids is 2. The number of imide groups is 1. The molecule has 1 aliphatic rings. The number of nitrogens with one attached hydrogen (secondary N) is 1. The average Bonchev–Trinajstić information content (AvgIpc) is 2.90. The number of rotatable bonds is 3. The van der Waals surface area contributed by atoms with Gasteiger partial charge >= 0.3 is 6.03 Å². The number of hydrogen-bond donors (Lipinski definition) is 1. The Labute approximate surface area is 163 Å². The van der Waals surface area contributed by atoms with Gasteiger partial charge in [-0.05, 0) is 48.4 Å². The van der Waals surface area contributed by atoms with Crippen LogP contribution in [0.15, 0.2) is 48.7 Å². The molecule has 1 atom stereocenters. The van der Waals surface area contributed by atoms with Gasteiger partial charge in [0.25, 0.3) is 5.91 Å². The molecule has 0 radical (unpaired) electrons. The second-order valence-corrected chi connectivity index (χ2v) is 7.09. The van der Waals surface area contributed by atoms with Crippen LogP contribution in [0, 0.1) is 11.6 Å². The summed E-state index contributed by atoms with van der Waals surface area (Å²) in [4.78, 5) is 30.9. The Morgan fingerprint density at radius 3 is 2.68 bits per heavy atom. The molecular formula is C20H14ClF2N3O2. The maximum Gasteiger partial charge on any atom is 0.325 e. The van der Waals surface area contributed by atoms with E-state index in [9.17, 15) is 18.4 Å². The molecule has 4 rings (SSSR count). The van der Waals surface area contributed by atoms with Crippen LogP contribution in [0.5, 0.6) is 0 Å². The van der Waals surface area contributed by atoms with Crippen LogP contribution in [0.4, 0.5) is 13.6 Å². The number of amides is 3. The molecule has 5 nitrogen and oxygen atoms in total. The van der Waals surface area contributed by atoms with Crippen LogP contribution in [0.3, 0.4) is 0 Å². The van der Waals surface area contributed by atoms with E-state index in [0.717, 1.165) is 17.0 Å². The molecule has 0 aliphatic carbocycles. The fraction of sp³-hybridized carbons (Fsp3) is 0.150. The summed E-state index contributed by atoms with van der Waals surface area (Å²) in [5.41, 5.74) is -0.122. The van der Waals surface area contributed by atoms with Crippen molar-refractivity contribution in [3.63, 3.8) is 0 Å². The number of aromatic nitrogens is 1. The van der Waals surface area contributed by atoms with E-state index in [1.54, 1.807) is 30.5 Å². The minimum atomic E-state index is -1.50. The van der Waals surface area contributed by atoms with E-state index in [0.29, 0.717) is 21.5 Å². The monoisotopic (exact) mass is 401 g/mol. The largest absolute Gasteiger partial charge is 0.325 e. The number of nitrogens with zero attached hydrogens (tertiary/aromatic N) is 2. The lowest BCUT2D eigenvalue weighted by Gasteiger charge is -2.22. The number of pyridine rings is 1. The van der Waals surface area contributed by atoms with Crippen molar-refractivity contribution >= 4 is 34.4 Å². The zero-order valence-electron chi connectivity index (χ0n) is 14.7. The first-order valence-corrected chi connectivity index (χ1v) is 8.81. The van der Waals surface area contributed by atoms with Gasteiger partial charge < -0.3 is 5.32 Å². The topological polar surface area (TPSA) is 62.3 Å². The van der Waals surface area contributed by atoms with Crippen molar-refractivity contribution in [3.8, 4) is 0 Å². The van der Waals surface area contributed by atoms with Crippen molar-refractivity contribution < 1.29 is 18.4 Å². The Morgan fingerprint density at radius 2 is 1.93 bits per heavy atom. The van der Waals surface area contributed by atoms with Gasteiger partial charge in [-0.2, -0.15) is 0 Å². The van der Waals surface area contributed by atoms with E-state index in [4.69, 9.17) is 11.6 Å². The standard InChI is InChI=1S/C20H14ClF2N3O2/c1-20(12-5-7-15(22)16(23)9-12)18(27)26(19(28)25-20)10-11-4-6-14(21)13-3-2-8-24-17(11)13/h2-9H,10H2,1H3,(H,25,28). The first-order chi connectivity index (χ1) is 13.3. The van der Waals surface area contributed by atoms with Gasteiger partial charge in [0.15, 0.2) is 11.6 Å². The summed E-state index contributed by atoms with van der Waals surface area (Å²) in [6, 6.07) is 9.40. The fourth-order valence-electron chi connectivity index (χ4n) is 3.34. The van der Waals surface area contributed by atoms with Crippen LogP contribution in [-0.2, 0) is 16.9 Å². The highest BCUT2D eigenvalue weighted by atomic mass is 35.5. The molecule has 2 heterocycles. The number of urea groups is 1. The number of benzene rings is 2. The molecule has 1 aliphatic heterocycles. The molecule has 0 spiro atoms. The Kier molecular flexibility index (Phi) is 4.27. The van der Waals surface area contributed by atoms with E-state index in [1.807, 2.05) is 0 Å². The van der Waals surface area contributed by atoms with Crippen molar-refractivity contribution in [1.29, 1.82) is 0 Å². The lowest BCUT2D eigenvalue weighted by atomic mass is 9.92. The summed E-state index contributed by atoms with van der Waals surface area (Å²) in [6.45, 7) is 1.42. The van der Waals surface area contributed by atoms with Crippen LogP contribution < -0.4 is 5.32 Å². The highest BCUT2D eigenvalue weighted by Gasteiger charge is 2.49. The lowest BCUT2D eigenvalue weighted by Crippen LogP contribution is -2.41. The predicted molar refractivity (Wildman–Crippen MR) is 99.5 cm³/mol. The van der Waals surface area contributed by atoms with E-state index < -0.39 is 29.1 Å². The van der Waals surface area contributed by atoms with E-state index in [1.165, 1.54) is 13.0 Å². The van der Waals surface area contributed by atoms with Gasteiger partial charge in [0, 0.05) is 16.6 Å². The van der Waals surface area contributed by atoms with E-state index in [-0.39, 0.29) is 12.1 Å². The van der Waals surface area contributed by atoms with Crippen molar-refractivity contribution in [2.75, 3.05) is 0 Å². The van der Waals surface area contributed by atoms with Gasteiger partial charge in [-0.3, -0.25) is 14.7 Å². The van der Waals surface area contributed by atoms with Crippen molar-refractivity contribution in [2.24, 2.45) is 0 Å². The predicted octanol–water partition coefficient (Wildman–Crippen LogP) is 4.13. The number of hydrogen-bond acceptors (Lipinski definition) is 3. The summed E-state index contributed by atoms with van der Waals surface area (Å²) in [6.07, 6.45) is 1.60. The molecule has 1 N–H and O–H groups in total. The first-order valence-electron chi connectivity index (χ1n) is 8.43. The Bertz CT molecular complexity index is 1140. The minimum absolute atomic E-state index is 0.0331. The van der Waals surface area contributed by atoms with Crippen LogP contribution in [0.1, 0.15) is 18.1 Å². The van der Waals surface area contributed by atoms with Gasteiger partial charge in [-0.15, -0.1) is 0 Å². The number of carbonyl (C=O) groups is 2. The lowest BCUT2D eigenvalue weighted by molar-refractivity contribution is -0.131. The third-order valence-corrected chi connectivity index (χ3v) is 5.23. The summed E-state index contributed by atoms with van der Waals surface area (Å²) >= 11 is 6.19. The fourth-order valence-corrected chi connectivity index (χ4v) is 3.55. The van der Waals surface area contributed by atoms with Crippen molar-refractivity contribution in [2.45, 2.75) is 19.0 Å². The maximum absolute atomic E-state index is 13.6. The first kappa shape index (κ1) is 18.3. The summed E-state index contributed by atoms with van der Waals surface area (Å²) in [5.74, 6) is -2.69. The SMILES string of the molecule is CC1(c2ccc(F)c(F)c2)NC(=O)N(Cc2ccc(Cl)c3cccnc23)C1=O. The van der Waals surface area contributed by atoms with Crippen LogP contribution in [0.25, 0.3) is 10.9 Å². The Morgan fingerprint density at radius 1 is 1.14 bits per heavy atom. The van der Waals surface area contributed by atoms with Gasteiger partial charge in [0.2, 0.25) is 0 Å². The van der Waals surface area contributed by atoms with Gasteiger partial charge in [0.1, 0.15) is 5.54 Å². The highest BCUT2D eigenvalue weighted by Crippen LogP contribution is 2.32. The van der Waals surface area contributed by atoms with Gasteiger partial charge in [-0.25, -0.2) is 13.6 Å². The molecule has 8 heteroatoms. The molecule has 0 bridgehead atoms. The van der Waals surface area contributed by atoms with Crippen LogP contribution in [0.2, 0.25) is 5.02 Å². The molecule has 3 aromatic rings. The van der Waals surface area contributed by atoms with Crippen molar-refractivity contribution in [3.05, 3.63) is 76.4 Å². The Balaban J connectivity index is 1.71. The molecule has 1 unspecified atom stereocenters. The average molecular weight is 402 g/mol. The van der Waals surface area contributed by atoms with Crippen LogP contribution in [-0.4, -0.2) is 21.8 Å². The summed E-state index contributed by atoms with van der Waals surface area (Å²) in [7, 11) is 0. The summed E-state index contributed by atoms with van der Waals surface area (Å²) in [5, 5.41) is 3.79. The second-order valence-electron chi connectivity index (χ2n) is 6.68. The smallest absolute Gasteiger partial charge is 0.319 e. The molecule has 0 saturated carbocycles. The molecule has 2 aromatic carbocycles. The zero-order valence-corrected chi connectivity index (χ0v) is 15.4. The third-order valence-electron chi connectivity index (χ3n) is 4.90. The second kappa shape index (κ2) is 6.53. The molecule has 3 amide bonds. The molecule has 1 aromatic heterocycles. The van der Waals surface area contributed by atoms with E-state index >= 15 is 0 Å². The molecular weight excluding hydrogens is 388 g/mol. The number of fused-ring (bicyclic) bond motifs is 1. The quantitative estimate of drug-likeness (QED) is 0.671. The molecule has 1 saturated heterocycles. The molecule has 142 valence electrons. The molecule has 28 heavy (non-hydrogen) atoms.